The maximum absolute atomic E-state index is 13.5. The minimum absolute atomic E-state index is 0.175. The highest BCUT2D eigenvalue weighted by Crippen LogP contribution is 2.60. The number of aromatic nitrogens is 2. The van der Waals surface area contributed by atoms with Crippen LogP contribution in [0.5, 0.6) is 0 Å². The highest BCUT2D eigenvalue weighted by molar-refractivity contribution is 8.00. The SMILES string of the molecule is C[C@@H]1CCc2c(sc3nc(C45CC6CC(CC(C6)C4)C5)nc(SCC(=O)N4CCc5ccccc54)c23)C1. The van der Waals surface area contributed by atoms with Crippen LogP contribution < -0.4 is 4.90 Å². The van der Waals surface area contributed by atoms with Gasteiger partial charge in [-0.2, -0.15) is 0 Å². The third kappa shape index (κ3) is 3.72. The molecule has 6 heteroatoms. The predicted molar refractivity (Wildman–Crippen MR) is 152 cm³/mol. The lowest BCUT2D eigenvalue weighted by molar-refractivity contribution is -0.116. The van der Waals surface area contributed by atoms with Crippen LogP contribution in [0.3, 0.4) is 0 Å². The van der Waals surface area contributed by atoms with Crippen LogP contribution in [0.4, 0.5) is 5.69 Å². The molecule has 3 heterocycles. The number of para-hydroxylation sites is 1. The van der Waals surface area contributed by atoms with Crippen LogP contribution in [0.15, 0.2) is 29.3 Å². The van der Waals surface area contributed by atoms with E-state index in [0.717, 1.165) is 66.0 Å². The summed E-state index contributed by atoms with van der Waals surface area (Å²) in [4.78, 5) is 29.0. The van der Waals surface area contributed by atoms with E-state index in [9.17, 15) is 4.79 Å². The van der Waals surface area contributed by atoms with Crippen molar-refractivity contribution in [2.24, 2.45) is 23.7 Å². The van der Waals surface area contributed by atoms with Gasteiger partial charge in [-0.3, -0.25) is 4.79 Å². The van der Waals surface area contributed by atoms with Crippen LogP contribution in [0.1, 0.15) is 73.7 Å². The van der Waals surface area contributed by atoms with E-state index in [-0.39, 0.29) is 11.3 Å². The molecule has 0 unspecified atom stereocenters. The van der Waals surface area contributed by atoms with Gasteiger partial charge in [-0.05, 0) is 105 Å². The summed E-state index contributed by atoms with van der Waals surface area (Å²) in [5, 5.41) is 2.36. The lowest BCUT2D eigenvalue weighted by Gasteiger charge is -2.56. The quantitative estimate of drug-likeness (QED) is 0.271. The number of thiophene rings is 1. The first kappa shape index (κ1) is 23.0. The fourth-order valence-corrected chi connectivity index (χ4v) is 11.2. The topological polar surface area (TPSA) is 46.1 Å². The molecule has 0 radical (unpaired) electrons. The molecule has 37 heavy (non-hydrogen) atoms. The van der Waals surface area contributed by atoms with E-state index in [4.69, 9.17) is 9.97 Å². The molecule has 0 saturated heterocycles. The van der Waals surface area contributed by atoms with Gasteiger partial charge in [-0.25, -0.2) is 9.97 Å². The van der Waals surface area contributed by atoms with Crippen LogP contribution in [-0.4, -0.2) is 28.2 Å². The van der Waals surface area contributed by atoms with E-state index >= 15 is 0 Å². The highest BCUT2D eigenvalue weighted by Gasteiger charge is 2.53. The van der Waals surface area contributed by atoms with Crippen LogP contribution in [0, 0.1) is 23.7 Å². The summed E-state index contributed by atoms with van der Waals surface area (Å²) in [6.07, 6.45) is 12.6. The van der Waals surface area contributed by atoms with E-state index in [0.29, 0.717) is 5.75 Å². The minimum atomic E-state index is 0.175. The Labute approximate surface area is 227 Å². The second-order valence-corrected chi connectivity index (χ2v) is 14.8. The Morgan fingerprint density at radius 1 is 1.08 bits per heavy atom. The summed E-state index contributed by atoms with van der Waals surface area (Å²) in [6, 6.07) is 8.36. The van der Waals surface area contributed by atoms with Crippen molar-refractivity contribution < 1.29 is 4.79 Å². The standard InChI is InChI=1S/C31H35N3OS2/c1-18-6-7-23-25(10-18)37-29-27(23)28(36-17-26(35)34-9-8-22-4-2-3-5-24(22)34)32-30(33-29)31-14-19-11-20(15-31)13-21(12-19)16-31/h2-5,18-21H,6-17H2,1H3/t18-,19?,20?,21?,31?/m1/s1. The van der Waals surface area contributed by atoms with Gasteiger partial charge in [-0.15, -0.1) is 11.3 Å². The van der Waals surface area contributed by atoms with Gasteiger partial charge in [0.25, 0.3) is 0 Å². The Morgan fingerprint density at radius 2 is 1.84 bits per heavy atom. The average Bonchev–Trinajstić information content (AvgIpc) is 3.47. The number of carbonyl (C=O) groups is 1. The van der Waals surface area contributed by atoms with Gasteiger partial charge in [0.05, 0.1) is 5.75 Å². The molecule has 4 nitrogen and oxygen atoms in total. The number of thioether (sulfide) groups is 1. The van der Waals surface area contributed by atoms with Crippen molar-refractivity contribution in [3.63, 3.8) is 0 Å². The number of hydrogen-bond acceptors (Lipinski definition) is 5. The molecule has 2 aromatic heterocycles. The maximum atomic E-state index is 13.5. The molecule has 1 aromatic carbocycles. The zero-order valence-corrected chi connectivity index (χ0v) is 23.3. The summed E-state index contributed by atoms with van der Waals surface area (Å²) in [6.45, 7) is 3.17. The lowest BCUT2D eigenvalue weighted by Crippen LogP contribution is -2.49. The molecule has 192 valence electrons. The number of hydrogen-bond donors (Lipinski definition) is 0. The van der Waals surface area contributed by atoms with Gasteiger partial charge >= 0.3 is 0 Å². The number of benzene rings is 1. The summed E-state index contributed by atoms with van der Waals surface area (Å²) < 4.78 is 0. The fourth-order valence-electron chi connectivity index (χ4n) is 8.84. The fraction of sp³-hybridized carbons (Fsp3) is 0.581. The first-order chi connectivity index (χ1) is 18.0. The number of carbonyl (C=O) groups excluding carboxylic acids is 1. The number of rotatable bonds is 4. The number of anilines is 1. The Hall–Kier alpha value is -1.92. The largest absolute Gasteiger partial charge is 0.311 e. The van der Waals surface area contributed by atoms with Gasteiger partial charge in [0.2, 0.25) is 5.91 Å². The molecular formula is C31H35N3OS2. The molecule has 4 saturated carbocycles. The molecule has 0 spiro atoms. The van der Waals surface area contributed by atoms with Crippen molar-refractivity contribution in [1.82, 2.24) is 9.97 Å². The maximum Gasteiger partial charge on any atom is 0.237 e. The number of amides is 1. The zero-order chi connectivity index (χ0) is 24.7. The molecule has 1 atom stereocenters. The van der Waals surface area contributed by atoms with Gasteiger partial charge in [0.15, 0.2) is 0 Å². The lowest BCUT2D eigenvalue weighted by atomic mass is 9.49. The van der Waals surface area contributed by atoms with Crippen molar-refractivity contribution in [3.8, 4) is 0 Å². The van der Waals surface area contributed by atoms with E-state index in [1.165, 1.54) is 71.2 Å². The third-order valence-electron chi connectivity index (χ3n) is 10.2. The Kier molecular flexibility index (Phi) is 5.31. The van der Waals surface area contributed by atoms with Crippen molar-refractivity contribution >= 4 is 44.9 Å². The first-order valence-corrected chi connectivity index (χ1v) is 16.2. The smallest absolute Gasteiger partial charge is 0.237 e. The Morgan fingerprint density at radius 3 is 2.62 bits per heavy atom. The van der Waals surface area contributed by atoms with Crippen molar-refractivity contribution in [2.45, 2.75) is 81.6 Å². The molecule has 0 N–H and O–H groups in total. The van der Waals surface area contributed by atoms with Gasteiger partial charge < -0.3 is 4.90 Å². The highest BCUT2D eigenvalue weighted by atomic mass is 32.2. The molecule has 5 aliphatic carbocycles. The molecule has 4 fully saturated rings. The van der Waals surface area contributed by atoms with Crippen molar-refractivity contribution in [2.75, 3.05) is 17.2 Å². The van der Waals surface area contributed by atoms with E-state index < -0.39 is 0 Å². The molecule has 1 aliphatic heterocycles. The first-order valence-electron chi connectivity index (χ1n) is 14.4. The molecule has 3 aromatic rings. The third-order valence-corrected chi connectivity index (χ3v) is 12.3. The van der Waals surface area contributed by atoms with Gasteiger partial charge in [0, 0.05) is 27.9 Å². The van der Waals surface area contributed by atoms with Crippen LogP contribution in [0.2, 0.25) is 0 Å². The molecule has 6 aliphatic rings. The van der Waals surface area contributed by atoms with Crippen molar-refractivity contribution in [3.05, 3.63) is 46.1 Å². The molecule has 9 rings (SSSR count). The average molecular weight is 530 g/mol. The zero-order valence-electron chi connectivity index (χ0n) is 21.7. The molecule has 1 amide bonds. The second kappa shape index (κ2) is 8.54. The predicted octanol–water partition coefficient (Wildman–Crippen LogP) is 6.97. The number of nitrogens with zero attached hydrogens (tertiary/aromatic N) is 3. The van der Waals surface area contributed by atoms with E-state index in [2.05, 4.69) is 25.1 Å². The molecule has 4 bridgehead atoms. The monoisotopic (exact) mass is 529 g/mol. The van der Waals surface area contributed by atoms with Crippen LogP contribution in [0.25, 0.3) is 10.2 Å². The van der Waals surface area contributed by atoms with E-state index in [1.54, 1.807) is 11.8 Å². The number of aryl methyl sites for hydroxylation is 1. The van der Waals surface area contributed by atoms with E-state index in [1.807, 2.05) is 22.3 Å². The minimum Gasteiger partial charge on any atom is -0.311 e. The van der Waals surface area contributed by atoms with Gasteiger partial charge in [-0.1, -0.05) is 36.9 Å². The molecular weight excluding hydrogens is 494 g/mol. The summed E-state index contributed by atoms with van der Waals surface area (Å²) in [5.41, 5.74) is 4.04. The van der Waals surface area contributed by atoms with Crippen molar-refractivity contribution in [1.29, 1.82) is 0 Å². The Balaban J connectivity index is 1.17. The summed E-state index contributed by atoms with van der Waals surface area (Å²) >= 11 is 3.61. The van der Waals surface area contributed by atoms with Crippen LogP contribution >= 0.6 is 23.1 Å². The normalized spacial score (nSPS) is 31.6. The Bertz CT molecular complexity index is 1380. The van der Waals surface area contributed by atoms with Crippen LogP contribution in [-0.2, 0) is 29.5 Å². The number of fused-ring (bicyclic) bond motifs is 4. The second-order valence-electron chi connectivity index (χ2n) is 12.8. The van der Waals surface area contributed by atoms with Gasteiger partial charge in [0.1, 0.15) is 15.7 Å². The summed E-state index contributed by atoms with van der Waals surface area (Å²) in [7, 11) is 0. The summed E-state index contributed by atoms with van der Waals surface area (Å²) in [5.74, 6) is 5.12.